The monoisotopic (exact) mass is 215 g/mol. The normalized spacial score (nSPS) is 23.1. The Balaban J connectivity index is 2.33. The van der Waals surface area contributed by atoms with Crippen LogP contribution in [0.1, 0.15) is 34.1 Å². The van der Waals surface area contributed by atoms with Gasteiger partial charge in [0.25, 0.3) is 0 Å². The van der Waals surface area contributed by atoms with Crippen LogP contribution in [0.25, 0.3) is 0 Å². The van der Waals surface area contributed by atoms with Gasteiger partial charge in [0.05, 0.1) is 18.1 Å². The van der Waals surface area contributed by atoms with Crippen LogP contribution in [-0.2, 0) is 14.4 Å². The number of carbonyl (C=O) groups excluding carboxylic acids is 1. The average molecular weight is 215 g/mol. The van der Waals surface area contributed by atoms with Crippen molar-refractivity contribution < 1.29 is 14.4 Å². The number of hydrogen-bond acceptors (Lipinski definition) is 4. The van der Waals surface area contributed by atoms with Crippen LogP contribution in [0.3, 0.4) is 0 Å². The molecule has 0 bridgehead atoms. The van der Waals surface area contributed by atoms with Gasteiger partial charge in [-0.2, -0.15) is 0 Å². The van der Waals surface area contributed by atoms with E-state index in [1.54, 1.807) is 5.06 Å². The minimum atomic E-state index is -0.441. The van der Waals surface area contributed by atoms with Crippen LogP contribution < -0.4 is 0 Å². The molecule has 1 fully saturated rings. The fourth-order valence-electron chi connectivity index (χ4n) is 1.41. The highest BCUT2D eigenvalue weighted by Gasteiger charge is 2.30. The third-order valence-corrected chi connectivity index (χ3v) is 2.33. The van der Waals surface area contributed by atoms with E-state index in [9.17, 15) is 4.79 Å². The Bertz CT molecular complexity index is 222. The number of rotatable bonds is 3. The molecule has 0 spiro atoms. The topological polar surface area (TPSA) is 38.8 Å². The van der Waals surface area contributed by atoms with Crippen LogP contribution in [0.2, 0.25) is 0 Å². The summed E-state index contributed by atoms with van der Waals surface area (Å²) in [5.41, 5.74) is -0.441. The van der Waals surface area contributed by atoms with E-state index in [1.165, 1.54) is 0 Å². The predicted octanol–water partition coefficient (Wildman–Crippen LogP) is 1.60. The molecule has 1 aliphatic heterocycles. The summed E-state index contributed by atoms with van der Waals surface area (Å²) in [4.78, 5) is 16.8. The van der Waals surface area contributed by atoms with E-state index >= 15 is 0 Å². The van der Waals surface area contributed by atoms with Gasteiger partial charge in [-0.05, 0) is 34.1 Å². The number of nitrogens with zero attached hydrogens (tertiary/aromatic N) is 1. The second-order valence-electron chi connectivity index (χ2n) is 4.88. The van der Waals surface area contributed by atoms with Crippen molar-refractivity contribution in [1.82, 2.24) is 5.06 Å². The second-order valence-corrected chi connectivity index (χ2v) is 4.88. The van der Waals surface area contributed by atoms with Gasteiger partial charge in [0.15, 0.2) is 0 Å². The predicted molar refractivity (Wildman–Crippen MR) is 57.2 cm³/mol. The van der Waals surface area contributed by atoms with Gasteiger partial charge in [0, 0.05) is 13.2 Å². The highest BCUT2D eigenvalue weighted by molar-refractivity contribution is 5.75. The molecule has 0 aromatic carbocycles. The first kappa shape index (κ1) is 12.5. The quantitative estimate of drug-likeness (QED) is 0.717. The molecule has 0 radical (unpaired) electrons. The molecule has 1 heterocycles. The maximum atomic E-state index is 11.6. The molecule has 0 aromatic heterocycles. The first-order valence-electron chi connectivity index (χ1n) is 5.52. The molecular formula is C11H21NO3. The van der Waals surface area contributed by atoms with E-state index < -0.39 is 5.41 Å². The van der Waals surface area contributed by atoms with Crippen molar-refractivity contribution in [3.05, 3.63) is 0 Å². The van der Waals surface area contributed by atoms with E-state index in [4.69, 9.17) is 9.57 Å². The van der Waals surface area contributed by atoms with Gasteiger partial charge >= 0.3 is 5.97 Å². The zero-order valence-corrected chi connectivity index (χ0v) is 10.1. The Hall–Kier alpha value is -0.610. The Morgan fingerprint density at radius 3 is 2.67 bits per heavy atom. The van der Waals surface area contributed by atoms with Crippen LogP contribution in [0, 0.1) is 5.41 Å². The lowest BCUT2D eigenvalue weighted by molar-refractivity contribution is -0.196. The van der Waals surface area contributed by atoms with Crippen molar-refractivity contribution in [1.29, 1.82) is 0 Å². The molecule has 0 aliphatic carbocycles. The maximum absolute atomic E-state index is 11.6. The van der Waals surface area contributed by atoms with Gasteiger partial charge in [-0.1, -0.05) is 0 Å². The van der Waals surface area contributed by atoms with Gasteiger partial charge in [-0.25, -0.2) is 4.79 Å². The molecule has 0 aromatic rings. The van der Waals surface area contributed by atoms with Crippen molar-refractivity contribution in [3.63, 3.8) is 0 Å². The summed E-state index contributed by atoms with van der Waals surface area (Å²) in [6, 6.07) is 0. The molecule has 1 saturated heterocycles. The first-order chi connectivity index (χ1) is 6.93. The van der Waals surface area contributed by atoms with Gasteiger partial charge in [0.2, 0.25) is 0 Å². The molecular weight excluding hydrogens is 194 g/mol. The van der Waals surface area contributed by atoms with E-state index in [2.05, 4.69) is 0 Å². The van der Waals surface area contributed by atoms with Crippen LogP contribution >= 0.6 is 0 Å². The maximum Gasteiger partial charge on any atom is 0.330 e. The molecule has 1 aliphatic rings. The molecule has 0 saturated carbocycles. The van der Waals surface area contributed by atoms with E-state index in [0.717, 1.165) is 13.0 Å². The third-order valence-electron chi connectivity index (χ3n) is 2.33. The summed E-state index contributed by atoms with van der Waals surface area (Å²) in [6.07, 6.45) is 1.15. The smallest absolute Gasteiger partial charge is 0.330 e. The summed E-state index contributed by atoms with van der Waals surface area (Å²) in [5.74, 6) is -0.181. The van der Waals surface area contributed by atoms with E-state index in [0.29, 0.717) is 13.2 Å². The molecule has 0 unspecified atom stereocenters. The summed E-state index contributed by atoms with van der Waals surface area (Å²) in [6.45, 7) is 9.71. The number of hydrogen-bond donors (Lipinski definition) is 0. The Kier molecular flexibility index (Phi) is 4.11. The molecule has 15 heavy (non-hydrogen) atoms. The summed E-state index contributed by atoms with van der Waals surface area (Å²) >= 11 is 0. The molecule has 0 amide bonds. The van der Waals surface area contributed by atoms with Crippen molar-refractivity contribution in [2.75, 3.05) is 19.7 Å². The van der Waals surface area contributed by atoms with Crippen molar-refractivity contribution in [2.45, 2.75) is 40.2 Å². The van der Waals surface area contributed by atoms with Crippen molar-refractivity contribution in [3.8, 4) is 0 Å². The number of carbonyl (C=O) groups is 1. The van der Waals surface area contributed by atoms with Crippen LogP contribution in [0.5, 0.6) is 0 Å². The lowest BCUT2D eigenvalue weighted by Gasteiger charge is -2.21. The lowest BCUT2D eigenvalue weighted by atomic mass is 9.98. The molecule has 88 valence electrons. The SMILES string of the molecule is CCO[C@@H]1CCN(OC(=O)C(C)(C)C)C1. The standard InChI is InChI=1S/C11H21NO3/c1-5-14-9-6-7-12(8-9)15-10(13)11(2,3)4/h9H,5-8H2,1-4H3/t9-/m1/s1. The zero-order valence-electron chi connectivity index (χ0n) is 10.1. The first-order valence-corrected chi connectivity index (χ1v) is 5.52. The van der Waals surface area contributed by atoms with E-state index in [1.807, 2.05) is 27.7 Å². The zero-order chi connectivity index (χ0) is 11.5. The second kappa shape index (κ2) is 4.94. The third kappa shape index (κ3) is 3.80. The fourth-order valence-corrected chi connectivity index (χ4v) is 1.41. The van der Waals surface area contributed by atoms with Crippen molar-refractivity contribution >= 4 is 5.97 Å². The van der Waals surface area contributed by atoms with Gasteiger partial charge in [-0.15, -0.1) is 5.06 Å². The minimum absolute atomic E-state index is 0.181. The highest BCUT2D eigenvalue weighted by Crippen LogP contribution is 2.19. The molecule has 1 rings (SSSR count). The molecule has 1 atom stereocenters. The van der Waals surface area contributed by atoms with E-state index in [-0.39, 0.29) is 12.1 Å². The molecule has 4 nitrogen and oxygen atoms in total. The number of ether oxygens (including phenoxy) is 1. The summed E-state index contributed by atoms with van der Waals surface area (Å²) < 4.78 is 5.47. The van der Waals surface area contributed by atoms with Crippen LogP contribution in [-0.4, -0.2) is 36.8 Å². The average Bonchev–Trinajstić information content (AvgIpc) is 2.51. The Labute approximate surface area is 91.5 Å². The molecule has 0 N–H and O–H groups in total. The summed E-state index contributed by atoms with van der Waals surface area (Å²) in [5, 5.41) is 1.70. The Morgan fingerprint density at radius 2 is 2.13 bits per heavy atom. The highest BCUT2D eigenvalue weighted by atomic mass is 16.7. The molecule has 4 heteroatoms. The van der Waals surface area contributed by atoms with Crippen molar-refractivity contribution in [2.24, 2.45) is 5.41 Å². The van der Waals surface area contributed by atoms with Crippen LogP contribution in [0.4, 0.5) is 0 Å². The minimum Gasteiger partial charge on any atom is -0.377 e. The lowest BCUT2D eigenvalue weighted by Crippen LogP contribution is -2.33. The van der Waals surface area contributed by atoms with Gasteiger partial charge < -0.3 is 9.57 Å². The fraction of sp³-hybridized carbons (Fsp3) is 0.909. The largest absolute Gasteiger partial charge is 0.377 e. The Morgan fingerprint density at radius 1 is 1.47 bits per heavy atom. The van der Waals surface area contributed by atoms with Gasteiger partial charge in [0.1, 0.15) is 0 Å². The number of hydroxylamine groups is 2. The van der Waals surface area contributed by atoms with Gasteiger partial charge in [-0.3, -0.25) is 0 Å². The summed E-state index contributed by atoms with van der Waals surface area (Å²) in [7, 11) is 0. The van der Waals surface area contributed by atoms with Crippen LogP contribution in [0.15, 0.2) is 0 Å².